The number of nitrogens with zero attached hydrogens (tertiary/aromatic N) is 4. The summed E-state index contributed by atoms with van der Waals surface area (Å²) in [5.74, 6) is 2.61. The summed E-state index contributed by atoms with van der Waals surface area (Å²) in [6.45, 7) is 5.84. The minimum absolute atomic E-state index is 0.240. The van der Waals surface area contributed by atoms with E-state index in [0.717, 1.165) is 34.1 Å². The molecule has 3 heterocycles. The largest absolute Gasteiger partial charge is 0.496 e. The van der Waals surface area contributed by atoms with Crippen LogP contribution in [0.25, 0.3) is 11.9 Å². The summed E-state index contributed by atoms with van der Waals surface area (Å²) in [5.41, 5.74) is 3.72. The third kappa shape index (κ3) is 4.45. The number of carbonyl (C=O) groups excluding carboxylic acids is 1. The zero-order valence-corrected chi connectivity index (χ0v) is 19.4. The van der Waals surface area contributed by atoms with Crippen molar-refractivity contribution in [2.45, 2.75) is 26.8 Å². The SMILES string of the molecule is COc1ccccc1C(NC(=O)/C=C/c1cc(C)n(-c2cc(C)on2)c1C)c1nccn1C. The van der Waals surface area contributed by atoms with Crippen LogP contribution in [-0.4, -0.2) is 32.3 Å². The van der Waals surface area contributed by atoms with Crippen LogP contribution in [0.3, 0.4) is 0 Å². The molecule has 0 saturated carbocycles. The number of nitrogens with one attached hydrogen (secondary N) is 1. The Hall–Kier alpha value is -4.07. The maximum Gasteiger partial charge on any atom is 0.244 e. The Kier molecular flexibility index (Phi) is 6.17. The Bertz CT molecular complexity index is 1310. The first-order valence-electron chi connectivity index (χ1n) is 10.6. The minimum atomic E-state index is -0.469. The molecule has 0 aliphatic rings. The number of ether oxygens (including phenoxy) is 1. The second kappa shape index (κ2) is 9.20. The second-order valence-electron chi connectivity index (χ2n) is 7.87. The van der Waals surface area contributed by atoms with Crippen molar-refractivity contribution < 1.29 is 14.1 Å². The fourth-order valence-corrected chi connectivity index (χ4v) is 3.96. The average Bonchev–Trinajstić information content (AvgIpc) is 3.49. The number of amides is 1. The number of aromatic nitrogens is 4. The molecular weight excluding hydrogens is 418 g/mol. The molecule has 1 amide bonds. The van der Waals surface area contributed by atoms with E-state index in [2.05, 4.69) is 15.5 Å². The van der Waals surface area contributed by atoms with Gasteiger partial charge in [0.05, 0.1) is 7.11 Å². The van der Waals surface area contributed by atoms with E-state index in [0.29, 0.717) is 11.6 Å². The normalized spacial score (nSPS) is 12.3. The van der Waals surface area contributed by atoms with Gasteiger partial charge in [0.2, 0.25) is 5.91 Å². The number of benzene rings is 1. The van der Waals surface area contributed by atoms with Crippen LogP contribution >= 0.6 is 0 Å². The molecule has 0 saturated heterocycles. The number of imidazole rings is 1. The highest BCUT2D eigenvalue weighted by atomic mass is 16.5. The summed E-state index contributed by atoms with van der Waals surface area (Å²) in [6, 6.07) is 11.0. The summed E-state index contributed by atoms with van der Waals surface area (Å²) in [5, 5.41) is 7.18. The first-order chi connectivity index (χ1) is 15.9. The van der Waals surface area contributed by atoms with Crippen molar-refractivity contribution in [1.29, 1.82) is 0 Å². The lowest BCUT2D eigenvalue weighted by molar-refractivity contribution is -0.117. The first kappa shape index (κ1) is 22.1. The van der Waals surface area contributed by atoms with Gasteiger partial charge in [0, 0.05) is 48.5 Å². The van der Waals surface area contributed by atoms with Crippen LogP contribution in [0, 0.1) is 20.8 Å². The number of methoxy groups -OCH3 is 1. The molecule has 4 rings (SSSR count). The second-order valence-corrected chi connectivity index (χ2v) is 7.87. The molecule has 0 spiro atoms. The zero-order chi connectivity index (χ0) is 23.5. The molecule has 1 N–H and O–H groups in total. The highest BCUT2D eigenvalue weighted by Gasteiger charge is 2.23. The fraction of sp³-hybridized carbons (Fsp3) is 0.240. The number of rotatable bonds is 7. The van der Waals surface area contributed by atoms with Crippen LogP contribution in [0.15, 0.2) is 59.4 Å². The van der Waals surface area contributed by atoms with Crippen molar-refractivity contribution in [3.8, 4) is 11.6 Å². The molecular formula is C25H27N5O3. The van der Waals surface area contributed by atoms with Crippen LogP contribution in [0.5, 0.6) is 5.75 Å². The smallest absolute Gasteiger partial charge is 0.244 e. The number of aryl methyl sites for hydroxylation is 3. The number of para-hydroxylation sites is 1. The molecule has 1 aromatic carbocycles. The maximum atomic E-state index is 13.0. The average molecular weight is 446 g/mol. The van der Waals surface area contributed by atoms with Gasteiger partial charge in [-0.05, 0) is 44.5 Å². The zero-order valence-electron chi connectivity index (χ0n) is 19.4. The summed E-state index contributed by atoms with van der Waals surface area (Å²) in [4.78, 5) is 17.4. The van der Waals surface area contributed by atoms with Gasteiger partial charge >= 0.3 is 0 Å². The molecule has 33 heavy (non-hydrogen) atoms. The minimum Gasteiger partial charge on any atom is -0.496 e. The van der Waals surface area contributed by atoms with Crippen molar-refractivity contribution in [1.82, 2.24) is 24.6 Å². The summed E-state index contributed by atoms with van der Waals surface area (Å²) in [7, 11) is 3.51. The van der Waals surface area contributed by atoms with E-state index in [1.807, 2.05) is 79.5 Å². The summed E-state index contributed by atoms with van der Waals surface area (Å²) >= 11 is 0. The van der Waals surface area contributed by atoms with Gasteiger partial charge < -0.3 is 19.1 Å². The Morgan fingerprint density at radius 1 is 1.21 bits per heavy atom. The van der Waals surface area contributed by atoms with E-state index in [1.54, 1.807) is 19.4 Å². The molecule has 0 fully saturated rings. The third-order valence-electron chi connectivity index (χ3n) is 5.58. The third-order valence-corrected chi connectivity index (χ3v) is 5.58. The van der Waals surface area contributed by atoms with Crippen LogP contribution in [0.2, 0.25) is 0 Å². The van der Waals surface area contributed by atoms with E-state index >= 15 is 0 Å². The molecule has 8 nitrogen and oxygen atoms in total. The predicted octanol–water partition coefficient (Wildman–Crippen LogP) is 4.05. The monoisotopic (exact) mass is 445 g/mol. The quantitative estimate of drug-likeness (QED) is 0.434. The Morgan fingerprint density at radius 3 is 2.67 bits per heavy atom. The van der Waals surface area contributed by atoms with Gasteiger partial charge in [0.25, 0.3) is 0 Å². The Morgan fingerprint density at radius 2 is 2.00 bits per heavy atom. The highest BCUT2D eigenvalue weighted by Crippen LogP contribution is 2.29. The van der Waals surface area contributed by atoms with Gasteiger partial charge in [-0.2, -0.15) is 0 Å². The van der Waals surface area contributed by atoms with Gasteiger partial charge in [-0.1, -0.05) is 23.4 Å². The van der Waals surface area contributed by atoms with Crippen molar-refractivity contribution in [3.63, 3.8) is 0 Å². The van der Waals surface area contributed by atoms with E-state index in [4.69, 9.17) is 9.26 Å². The topological polar surface area (TPSA) is 87.1 Å². The predicted molar refractivity (Wildman–Crippen MR) is 125 cm³/mol. The molecule has 0 aliphatic carbocycles. The molecule has 1 atom stereocenters. The molecule has 0 aliphatic heterocycles. The fourth-order valence-electron chi connectivity index (χ4n) is 3.96. The molecule has 3 aromatic heterocycles. The van der Waals surface area contributed by atoms with Crippen molar-refractivity contribution in [2.24, 2.45) is 7.05 Å². The Balaban J connectivity index is 1.61. The van der Waals surface area contributed by atoms with E-state index in [-0.39, 0.29) is 5.91 Å². The lowest BCUT2D eigenvalue weighted by Crippen LogP contribution is -2.30. The molecule has 0 bridgehead atoms. The van der Waals surface area contributed by atoms with Gasteiger partial charge in [0.15, 0.2) is 5.82 Å². The molecule has 4 aromatic rings. The summed E-state index contributed by atoms with van der Waals surface area (Å²) in [6.07, 6.45) is 6.89. The molecule has 1 unspecified atom stereocenters. The molecule has 8 heteroatoms. The lowest BCUT2D eigenvalue weighted by Gasteiger charge is -2.20. The first-order valence-corrected chi connectivity index (χ1v) is 10.6. The maximum absolute atomic E-state index is 13.0. The van der Waals surface area contributed by atoms with Gasteiger partial charge in [-0.3, -0.25) is 9.36 Å². The van der Waals surface area contributed by atoms with Crippen molar-refractivity contribution in [3.05, 3.63) is 89.0 Å². The van der Waals surface area contributed by atoms with Crippen molar-refractivity contribution in [2.75, 3.05) is 7.11 Å². The standard InChI is InChI=1S/C25H27N5O3/c1-16-14-19(18(3)30(16)22-15-17(2)33-28-22)10-11-23(31)27-24(25-26-12-13-29(25)4)20-8-6-7-9-21(20)32-5/h6-15,24H,1-5H3,(H,27,31)/b11-10+. The van der Waals surface area contributed by atoms with E-state index in [1.165, 1.54) is 6.08 Å². The van der Waals surface area contributed by atoms with Crippen molar-refractivity contribution >= 4 is 12.0 Å². The Labute approximate surface area is 192 Å². The van der Waals surface area contributed by atoms with E-state index < -0.39 is 6.04 Å². The highest BCUT2D eigenvalue weighted by molar-refractivity contribution is 5.92. The summed E-state index contributed by atoms with van der Waals surface area (Å²) < 4.78 is 14.6. The molecule has 0 radical (unpaired) electrons. The number of hydrogen-bond donors (Lipinski definition) is 1. The molecule has 170 valence electrons. The van der Waals surface area contributed by atoms with Crippen LogP contribution in [0.1, 0.15) is 40.1 Å². The van der Waals surface area contributed by atoms with E-state index in [9.17, 15) is 4.79 Å². The van der Waals surface area contributed by atoms with Gasteiger partial charge in [-0.15, -0.1) is 0 Å². The van der Waals surface area contributed by atoms with Crippen LogP contribution < -0.4 is 10.1 Å². The number of hydrogen-bond acceptors (Lipinski definition) is 5. The van der Waals surface area contributed by atoms with Crippen LogP contribution in [0.4, 0.5) is 0 Å². The van der Waals surface area contributed by atoms with Gasteiger partial charge in [-0.25, -0.2) is 4.98 Å². The number of carbonyl (C=O) groups is 1. The van der Waals surface area contributed by atoms with Gasteiger partial charge in [0.1, 0.15) is 23.4 Å². The van der Waals surface area contributed by atoms with Crippen LogP contribution in [-0.2, 0) is 11.8 Å². The lowest BCUT2D eigenvalue weighted by atomic mass is 10.0.